The zero-order chi connectivity index (χ0) is 19.5. The maximum atomic E-state index is 5.35. The maximum Gasteiger partial charge on any atom is 0.118 e. The van der Waals surface area contributed by atoms with Crippen LogP contribution >= 0.6 is 11.8 Å². The van der Waals surface area contributed by atoms with Crippen LogP contribution in [0.4, 0.5) is 0 Å². The topological polar surface area (TPSA) is 17.4 Å². The third-order valence-corrected chi connectivity index (χ3v) is 6.47. The highest BCUT2D eigenvalue weighted by molar-refractivity contribution is 7.99. The van der Waals surface area contributed by atoms with Crippen LogP contribution in [0.25, 0.3) is 16.9 Å². The van der Waals surface area contributed by atoms with Gasteiger partial charge in [-0.15, -0.1) is 0 Å². The molecule has 0 bridgehead atoms. The van der Waals surface area contributed by atoms with Crippen molar-refractivity contribution >= 4 is 11.8 Å². The van der Waals surface area contributed by atoms with Gasteiger partial charge in [0.25, 0.3) is 0 Å². The smallest absolute Gasteiger partial charge is 0.118 e. The molecule has 28 heavy (non-hydrogen) atoms. The number of aromatic nitrogens is 1. The first-order valence-electron chi connectivity index (χ1n) is 9.88. The van der Waals surface area contributed by atoms with E-state index in [1.807, 2.05) is 12.1 Å². The van der Waals surface area contributed by atoms with E-state index in [0.29, 0.717) is 0 Å². The average molecular weight is 393 g/mol. The van der Waals surface area contributed by atoms with Crippen LogP contribution in [0.15, 0.2) is 54.6 Å². The van der Waals surface area contributed by atoms with Crippen molar-refractivity contribution in [2.75, 3.05) is 31.7 Å². The molecule has 3 nitrogen and oxygen atoms in total. The molecule has 0 spiro atoms. The van der Waals surface area contributed by atoms with Gasteiger partial charge < -0.3 is 9.30 Å². The largest absolute Gasteiger partial charge is 0.497 e. The van der Waals surface area contributed by atoms with Crippen molar-refractivity contribution in [3.8, 4) is 22.7 Å². The Morgan fingerprint density at radius 2 is 1.61 bits per heavy atom. The lowest BCUT2D eigenvalue weighted by Gasteiger charge is -2.26. The van der Waals surface area contributed by atoms with Crippen molar-refractivity contribution in [2.45, 2.75) is 20.4 Å². The van der Waals surface area contributed by atoms with E-state index in [1.165, 1.54) is 58.4 Å². The van der Waals surface area contributed by atoms with Crippen molar-refractivity contribution in [1.82, 2.24) is 9.47 Å². The van der Waals surface area contributed by atoms with E-state index in [1.54, 1.807) is 7.11 Å². The lowest BCUT2D eigenvalue weighted by molar-refractivity contribution is 0.294. The zero-order valence-electron chi connectivity index (χ0n) is 16.9. The van der Waals surface area contributed by atoms with Gasteiger partial charge in [0.1, 0.15) is 5.75 Å². The fourth-order valence-electron chi connectivity index (χ4n) is 3.82. The van der Waals surface area contributed by atoms with Crippen LogP contribution in [0.2, 0.25) is 0 Å². The molecule has 0 aliphatic carbocycles. The summed E-state index contributed by atoms with van der Waals surface area (Å²) in [6, 6.07) is 19.6. The van der Waals surface area contributed by atoms with Gasteiger partial charge in [-0.2, -0.15) is 11.8 Å². The second-order valence-electron chi connectivity index (χ2n) is 7.43. The number of methoxy groups -OCH3 is 1. The summed E-state index contributed by atoms with van der Waals surface area (Å²) in [4.78, 5) is 2.58. The maximum absolute atomic E-state index is 5.35. The highest BCUT2D eigenvalue weighted by Crippen LogP contribution is 2.31. The molecular formula is C24H28N2OS. The van der Waals surface area contributed by atoms with Crippen LogP contribution in [0.3, 0.4) is 0 Å². The third-order valence-electron chi connectivity index (χ3n) is 5.53. The minimum absolute atomic E-state index is 0.889. The van der Waals surface area contributed by atoms with Gasteiger partial charge in [0.2, 0.25) is 0 Å². The molecule has 0 atom stereocenters. The summed E-state index contributed by atoms with van der Waals surface area (Å²) in [5.74, 6) is 3.37. The molecular weight excluding hydrogens is 364 g/mol. The predicted molar refractivity (Wildman–Crippen MR) is 120 cm³/mol. The molecule has 1 aliphatic heterocycles. The van der Waals surface area contributed by atoms with Crippen molar-refractivity contribution in [3.63, 3.8) is 0 Å². The number of hydrogen-bond acceptors (Lipinski definition) is 3. The lowest BCUT2D eigenvalue weighted by atomic mass is 10.1. The first-order chi connectivity index (χ1) is 13.7. The number of nitrogens with zero attached hydrogens (tertiary/aromatic N) is 2. The number of hydrogen-bond donors (Lipinski definition) is 0. The molecule has 0 unspecified atom stereocenters. The standard InChI is InChI=1S/C24H28N2OS/c1-18-4-8-22(9-5-18)26-19(2)21(17-25-12-14-28-15-13-25)16-24(26)20-6-10-23(27-3)11-7-20/h4-11,16H,12-15,17H2,1-3H3. The van der Waals surface area contributed by atoms with E-state index in [2.05, 4.69) is 77.5 Å². The summed E-state index contributed by atoms with van der Waals surface area (Å²) in [5, 5.41) is 0. The number of benzene rings is 2. The van der Waals surface area contributed by atoms with Crippen LogP contribution in [-0.4, -0.2) is 41.2 Å². The molecule has 1 aromatic heterocycles. The average Bonchev–Trinajstić information content (AvgIpc) is 3.05. The molecule has 1 fully saturated rings. The zero-order valence-corrected chi connectivity index (χ0v) is 17.8. The van der Waals surface area contributed by atoms with Crippen molar-refractivity contribution in [2.24, 2.45) is 0 Å². The lowest BCUT2D eigenvalue weighted by Crippen LogP contribution is -2.32. The normalized spacial score (nSPS) is 15.0. The Balaban J connectivity index is 1.77. The molecule has 0 saturated carbocycles. The molecule has 1 aliphatic rings. The predicted octanol–water partition coefficient (Wildman–Crippen LogP) is 5.32. The van der Waals surface area contributed by atoms with E-state index < -0.39 is 0 Å². The number of ether oxygens (including phenoxy) is 1. The summed E-state index contributed by atoms with van der Waals surface area (Å²) >= 11 is 2.06. The Morgan fingerprint density at radius 1 is 0.929 bits per heavy atom. The highest BCUT2D eigenvalue weighted by Gasteiger charge is 2.18. The summed E-state index contributed by atoms with van der Waals surface area (Å²) in [6.45, 7) is 7.77. The Kier molecular flexibility index (Phi) is 5.79. The highest BCUT2D eigenvalue weighted by atomic mass is 32.2. The summed E-state index contributed by atoms with van der Waals surface area (Å²) in [5.41, 5.74) is 7.70. The molecule has 4 rings (SSSR count). The van der Waals surface area contributed by atoms with Crippen LogP contribution < -0.4 is 4.74 Å². The second-order valence-corrected chi connectivity index (χ2v) is 8.65. The fourth-order valence-corrected chi connectivity index (χ4v) is 4.80. The summed E-state index contributed by atoms with van der Waals surface area (Å²) < 4.78 is 7.75. The quantitative estimate of drug-likeness (QED) is 0.585. The summed E-state index contributed by atoms with van der Waals surface area (Å²) in [6.07, 6.45) is 0. The Hall–Kier alpha value is -2.17. The molecule has 0 radical (unpaired) electrons. The monoisotopic (exact) mass is 392 g/mol. The molecule has 1 saturated heterocycles. The third kappa shape index (κ3) is 3.98. The van der Waals surface area contributed by atoms with Gasteiger partial charge in [-0.05, 0) is 67.4 Å². The first-order valence-corrected chi connectivity index (χ1v) is 11.0. The fraction of sp³-hybridized carbons (Fsp3) is 0.333. The van der Waals surface area contributed by atoms with Gasteiger partial charge in [-0.25, -0.2) is 0 Å². The Morgan fingerprint density at radius 3 is 2.25 bits per heavy atom. The molecule has 0 amide bonds. The molecule has 2 heterocycles. The summed E-state index contributed by atoms with van der Waals surface area (Å²) in [7, 11) is 1.71. The van der Waals surface area contributed by atoms with Gasteiger partial charge in [0, 0.05) is 42.5 Å². The van der Waals surface area contributed by atoms with Crippen molar-refractivity contribution in [1.29, 1.82) is 0 Å². The molecule has 146 valence electrons. The van der Waals surface area contributed by atoms with Crippen LogP contribution in [-0.2, 0) is 6.54 Å². The number of aryl methyl sites for hydroxylation is 1. The van der Waals surface area contributed by atoms with Crippen molar-refractivity contribution in [3.05, 3.63) is 71.4 Å². The Bertz CT molecular complexity index is 922. The number of thioether (sulfide) groups is 1. The second kappa shape index (κ2) is 8.46. The van der Waals surface area contributed by atoms with Gasteiger partial charge in [-0.1, -0.05) is 17.7 Å². The van der Waals surface area contributed by atoms with E-state index in [0.717, 1.165) is 12.3 Å². The van der Waals surface area contributed by atoms with Gasteiger partial charge in [0.05, 0.1) is 12.8 Å². The number of rotatable bonds is 5. The molecule has 0 N–H and O–H groups in total. The van der Waals surface area contributed by atoms with E-state index >= 15 is 0 Å². The minimum Gasteiger partial charge on any atom is -0.497 e. The van der Waals surface area contributed by atoms with Gasteiger partial charge >= 0.3 is 0 Å². The van der Waals surface area contributed by atoms with Crippen LogP contribution in [0.1, 0.15) is 16.8 Å². The van der Waals surface area contributed by atoms with Crippen LogP contribution in [0, 0.1) is 13.8 Å². The Labute approximate surface area is 172 Å². The molecule has 4 heteroatoms. The van der Waals surface area contributed by atoms with E-state index in [9.17, 15) is 0 Å². The van der Waals surface area contributed by atoms with Gasteiger partial charge in [-0.3, -0.25) is 4.90 Å². The molecule has 2 aromatic carbocycles. The van der Waals surface area contributed by atoms with Crippen molar-refractivity contribution < 1.29 is 4.74 Å². The first kappa shape index (κ1) is 19.2. The molecule has 3 aromatic rings. The van der Waals surface area contributed by atoms with E-state index in [4.69, 9.17) is 4.74 Å². The van der Waals surface area contributed by atoms with Crippen LogP contribution in [0.5, 0.6) is 5.75 Å². The van der Waals surface area contributed by atoms with E-state index in [-0.39, 0.29) is 0 Å². The SMILES string of the molecule is COc1ccc(-c2cc(CN3CCSCC3)c(C)n2-c2ccc(C)cc2)cc1. The minimum atomic E-state index is 0.889. The van der Waals surface area contributed by atoms with Gasteiger partial charge in [0.15, 0.2) is 0 Å².